The Balaban J connectivity index is 2.14. The molecule has 8 heteroatoms. The molecule has 0 saturated heterocycles. The molecule has 0 aliphatic heterocycles. The number of pyridine rings is 1. The molecule has 1 N–H and O–H groups in total. The van der Waals surface area contributed by atoms with Crippen molar-refractivity contribution in [1.29, 1.82) is 0 Å². The summed E-state index contributed by atoms with van der Waals surface area (Å²) in [5.41, 5.74) is 3.34. The van der Waals surface area contributed by atoms with E-state index >= 15 is 0 Å². The van der Waals surface area contributed by atoms with Crippen LogP contribution in [0.25, 0.3) is 0 Å². The van der Waals surface area contributed by atoms with Gasteiger partial charge in [-0.05, 0) is 40.2 Å². The third kappa shape index (κ3) is 5.04. The first-order chi connectivity index (χ1) is 12.1. The van der Waals surface area contributed by atoms with E-state index in [1.54, 1.807) is 30.3 Å². The van der Waals surface area contributed by atoms with E-state index in [9.17, 15) is 4.79 Å². The van der Waals surface area contributed by atoms with Crippen molar-refractivity contribution < 1.29 is 14.3 Å². The summed E-state index contributed by atoms with van der Waals surface area (Å²) in [4.78, 5) is 15.9. The van der Waals surface area contributed by atoms with Crippen LogP contribution in [0.15, 0.2) is 52.7 Å². The molecule has 1 amide bonds. The summed E-state index contributed by atoms with van der Waals surface area (Å²) in [6.45, 7) is 3.97. The van der Waals surface area contributed by atoms with Crippen molar-refractivity contribution in [3.05, 3.63) is 63.9 Å². The zero-order chi connectivity index (χ0) is 18.2. The molecule has 25 heavy (non-hydrogen) atoms. The second-order valence-corrected chi connectivity index (χ2v) is 5.88. The van der Waals surface area contributed by atoms with Crippen molar-refractivity contribution in [2.45, 2.75) is 0 Å². The number of hydrazone groups is 1. The van der Waals surface area contributed by atoms with Gasteiger partial charge in [-0.1, -0.05) is 24.3 Å². The fourth-order valence-corrected chi connectivity index (χ4v) is 2.48. The summed E-state index contributed by atoms with van der Waals surface area (Å²) in [5, 5.41) is 4.05. The van der Waals surface area contributed by atoms with E-state index in [1.165, 1.54) is 19.5 Å². The fraction of sp³-hybridized carbons (Fsp3) is 0.118. The van der Waals surface area contributed by atoms with Gasteiger partial charge in [0.25, 0.3) is 5.91 Å². The highest BCUT2D eigenvalue weighted by atomic mass is 79.9. The van der Waals surface area contributed by atoms with Gasteiger partial charge in [-0.2, -0.15) is 5.10 Å². The molecule has 0 radical (unpaired) electrons. The molecule has 1 aromatic carbocycles. The van der Waals surface area contributed by atoms with Crippen LogP contribution >= 0.6 is 27.5 Å². The van der Waals surface area contributed by atoms with Crippen LogP contribution in [0.4, 0.5) is 0 Å². The van der Waals surface area contributed by atoms with Crippen molar-refractivity contribution in [2.75, 3.05) is 13.7 Å². The summed E-state index contributed by atoms with van der Waals surface area (Å²) in [5.74, 6) is 0.647. The van der Waals surface area contributed by atoms with Gasteiger partial charge >= 0.3 is 0 Å². The van der Waals surface area contributed by atoms with Gasteiger partial charge in [0.15, 0.2) is 11.5 Å². The number of aromatic nitrogens is 1. The Morgan fingerprint density at radius 1 is 1.48 bits per heavy atom. The molecule has 6 nitrogen and oxygen atoms in total. The maximum atomic E-state index is 12.0. The number of hydrogen-bond donors (Lipinski definition) is 1. The van der Waals surface area contributed by atoms with E-state index in [1.807, 2.05) is 0 Å². The lowest BCUT2D eigenvalue weighted by molar-refractivity contribution is 0.0955. The van der Waals surface area contributed by atoms with Crippen molar-refractivity contribution in [3.63, 3.8) is 0 Å². The number of nitrogens with zero attached hydrogens (tertiary/aromatic N) is 2. The first-order valence-electron chi connectivity index (χ1n) is 7.12. The van der Waals surface area contributed by atoms with Crippen molar-refractivity contribution in [3.8, 4) is 11.5 Å². The van der Waals surface area contributed by atoms with Gasteiger partial charge in [-0.3, -0.25) is 4.79 Å². The number of rotatable bonds is 7. The van der Waals surface area contributed by atoms with E-state index in [0.717, 1.165) is 4.47 Å². The van der Waals surface area contributed by atoms with E-state index in [0.29, 0.717) is 23.7 Å². The van der Waals surface area contributed by atoms with E-state index in [-0.39, 0.29) is 10.7 Å². The van der Waals surface area contributed by atoms with Crippen LogP contribution in [-0.2, 0) is 0 Å². The largest absolute Gasteiger partial charge is 0.493 e. The maximum absolute atomic E-state index is 12.0. The lowest BCUT2D eigenvalue weighted by Gasteiger charge is -2.11. The highest BCUT2D eigenvalue weighted by molar-refractivity contribution is 9.10. The maximum Gasteiger partial charge on any atom is 0.274 e. The minimum absolute atomic E-state index is 0.113. The molecule has 0 unspecified atom stereocenters. The van der Waals surface area contributed by atoms with Crippen LogP contribution in [0.3, 0.4) is 0 Å². The van der Waals surface area contributed by atoms with Crippen LogP contribution in [0.1, 0.15) is 15.9 Å². The standard InChI is InChI=1S/C17H15BrClN3O3/c1-3-7-25-15-9-13(18)11(8-14(15)24-2)10-21-22-17(23)12-5-4-6-20-16(12)19/h3-6,8-10H,1,7H2,2H3,(H,22,23). The molecule has 1 aromatic heterocycles. The van der Waals surface area contributed by atoms with E-state index in [2.05, 4.69) is 38.0 Å². The number of amides is 1. The fourth-order valence-electron chi connectivity index (χ4n) is 1.85. The van der Waals surface area contributed by atoms with Crippen molar-refractivity contribution in [1.82, 2.24) is 10.4 Å². The molecular weight excluding hydrogens is 410 g/mol. The highest BCUT2D eigenvalue weighted by Crippen LogP contribution is 2.32. The Kier molecular flexibility index (Phi) is 6.97. The minimum Gasteiger partial charge on any atom is -0.493 e. The monoisotopic (exact) mass is 423 g/mol. The van der Waals surface area contributed by atoms with Crippen LogP contribution in [-0.4, -0.2) is 30.8 Å². The molecule has 2 rings (SSSR count). The van der Waals surface area contributed by atoms with Gasteiger partial charge in [-0.15, -0.1) is 0 Å². The van der Waals surface area contributed by atoms with Crippen molar-refractivity contribution >= 4 is 39.7 Å². The van der Waals surface area contributed by atoms with Crippen LogP contribution in [0.2, 0.25) is 5.15 Å². The minimum atomic E-state index is -0.455. The number of ether oxygens (including phenoxy) is 2. The van der Waals surface area contributed by atoms with E-state index in [4.69, 9.17) is 21.1 Å². The number of nitrogens with one attached hydrogen (secondary N) is 1. The van der Waals surface area contributed by atoms with Gasteiger partial charge in [0.1, 0.15) is 11.8 Å². The molecule has 2 aromatic rings. The Bertz CT molecular complexity index is 812. The van der Waals surface area contributed by atoms with Gasteiger partial charge in [0.05, 0.1) is 18.9 Å². The molecule has 0 aliphatic carbocycles. The Labute approximate surface area is 158 Å². The Morgan fingerprint density at radius 3 is 2.96 bits per heavy atom. The summed E-state index contributed by atoms with van der Waals surface area (Å²) < 4.78 is 11.5. The third-order valence-electron chi connectivity index (χ3n) is 3.01. The van der Waals surface area contributed by atoms with Gasteiger partial charge in [0, 0.05) is 16.2 Å². The first kappa shape index (κ1) is 19.0. The first-order valence-corrected chi connectivity index (χ1v) is 8.29. The average Bonchev–Trinajstić information content (AvgIpc) is 2.61. The van der Waals surface area contributed by atoms with Crippen molar-refractivity contribution in [2.24, 2.45) is 5.10 Å². The number of carbonyl (C=O) groups is 1. The quantitative estimate of drug-likeness (QED) is 0.317. The molecule has 0 spiro atoms. The lowest BCUT2D eigenvalue weighted by atomic mass is 10.2. The number of hydrogen-bond acceptors (Lipinski definition) is 5. The molecule has 130 valence electrons. The zero-order valence-corrected chi connectivity index (χ0v) is 15.7. The number of halogens is 2. The zero-order valence-electron chi connectivity index (χ0n) is 13.3. The van der Waals surface area contributed by atoms with E-state index < -0.39 is 5.91 Å². The molecule has 0 atom stereocenters. The molecular formula is C17H15BrClN3O3. The molecule has 0 aliphatic rings. The molecule has 1 heterocycles. The summed E-state index contributed by atoms with van der Waals surface area (Å²) in [7, 11) is 1.54. The highest BCUT2D eigenvalue weighted by Gasteiger charge is 2.11. The average molecular weight is 425 g/mol. The van der Waals surface area contributed by atoms with Gasteiger partial charge in [-0.25, -0.2) is 10.4 Å². The van der Waals surface area contributed by atoms with Gasteiger partial charge in [0.2, 0.25) is 0 Å². The number of carbonyl (C=O) groups excluding carboxylic acids is 1. The topological polar surface area (TPSA) is 72.8 Å². The molecule has 0 saturated carbocycles. The van der Waals surface area contributed by atoms with Crippen LogP contribution < -0.4 is 14.9 Å². The summed E-state index contributed by atoms with van der Waals surface area (Å²) in [6.07, 6.45) is 4.62. The van der Waals surface area contributed by atoms with Gasteiger partial charge < -0.3 is 9.47 Å². The third-order valence-corrected chi connectivity index (χ3v) is 4.00. The number of benzene rings is 1. The smallest absolute Gasteiger partial charge is 0.274 e. The summed E-state index contributed by atoms with van der Waals surface area (Å²) >= 11 is 9.30. The second kappa shape index (κ2) is 9.19. The number of methoxy groups -OCH3 is 1. The molecule has 0 fully saturated rings. The predicted octanol–water partition coefficient (Wildman–Crippen LogP) is 3.83. The Hall–Kier alpha value is -2.38. The van der Waals surface area contributed by atoms with Crippen LogP contribution in [0.5, 0.6) is 11.5 Å². The predicted molar refractivity (Wildman–Crippen MR) is 101 cm³/mol. The Morgan fingerprint density at radius 2 is 2.28 bits per heavy atom. The molecule has 0 bridgehead atoms. The lowest BCUT2D eigenvalue weighted by Crippen LogP contribution is -2.18. The van der Waals surface area contributed by atoms with Crippen LogP contribution in [0, 0.1) is 0 Å². The SMILES string of the molecule is C=CCOc1cc(Br)c(C=NNC(=O)c2cccnc2Cl)cc1OC. The second-order valence-electron chi connectivity index (χ2n) is 4.67. The normalized spacial score (nSPS) is 10.5. The summed E-state index contributed by atoms with van der Waals surface area (Å²) in [6, 6.07) is 6.66.